The Morgan fingerprint density at radius 2 is 1.83 bits per heavy atom. The molecule has 3 rings (SSSR count). The average Bonchev–Trinajstić information content (AvgIpc) is 3.12. The minimum Gasteiger partial charge on any atom is -0.368 e. The molecule has 0 spiro atoms. The van der Waals surface area contributed by atoms with Crippen molar-refractivity contribution < 1.29 is 0 Å². The first-order valence-electron chi connectivity index (χ1n) is 6.52. The maximum absolute atomic E-state index is 5.91. The van der Waals surface area contributed by atoms with Gasteiger partial charge < -0.3 is 16.0 Å². The number of piperidine rings is 1. The van der Waals surface area contributed by atoms with Crippen LogP contribution in [0.1, 0.15) is 25.7 Å². The van der Waals surface area contributed by atoms with Crippen LogP contribution in [0.15, 0.2) is 6.07 Å². The topological polar surface area (TPSA) is 67.1 Å². The fourth-order valence-electron chi connectivity index (χ4n) is 2.44. The summed E-state index contributed by atoms with van der Waals surface area (Å²) >= 11 is 5.91. The number of rotatable bonds is 3. The molecule has 1 aliphatic carbocycles. The van der Waals surface area contributed by atoms with Gasteiger partial charge in [0.05, 0.1) is 0 Å². The van der Waals surface area contributed by atoms with Crippen LogP contribution in [0.4, 0.5) is 11.8 Å². The number of nitrogens with two attached hydrogens (primary N) is 1. The fraction of sp³-hybridized carbons (Fsp3) is 0.667. The number of nitrogens with zero attached hydrogens (tertiary/aromatic N) is 3. The molecule has 98 valence electrons. The van der Waals surface area contributed by atoms with E-state index in [0.717, 1.165) is 37.8 Å². The third kappa shape index (κ3) is 2.84. The lowest BCUT2D eigenvalue weighted by Gasteiger charge is -2.33. The summed E-state index contributed by atoms with van der Waals surface area (Å²) in [5, 5.41) is 4.09. The number of hydrogen-bond donors (Lipinski definition) is 2. The van der Waals surface area contributed by atoms with Crippen LogP contribution < -0.4 is 16.0 Å². The Hall–Kier alpha value is -1.07. The summed E-state index contributed by atoms with van der Waals surface area (Å²) in [6.45, 7) is 1.99. The maximum atomic E-state index is 5.91. The summed E-state index contributed by atoms with van der Waals surface area (Å²) in [6, 6.07) is 3.22. The van der Waals surface area contributed by atoms with Crippen LogP contribution in [0.25, 0.3) is 0 Å². The summed E-state index contributed by atoms with van der Waals surface area (Å²) in [4.78, 5) is 10.4. The summed E-state index contributed by atoms with van der Waals surface area (Å²) < 4.78 is 0. The monoisotopic (exact) mass is 267 g/mol. The zero-order valence-electron chi connectivity index (χ0n) is 10.3. The third-order valence-corrected chi connectivity index (χ3v) is 3.76. The number of aromatic nitrogens is 2. The largest absolute Gasteiger partial charge is 0.368 e. The van der Waals surface area contributed by atoms with Gasteiger partial charge in [0.25, 0.3) is 0 Å². The Kier molecular flexibility index (Phi) is 3.26. The molecule has 6 heteroatoms. The van der Waals surface area contributed by atoms with E-state index in [0.29, 0.717) is 11.2 Å². The number of nitrogens with one attached hydrogen (secondary N) is 1. The van der Waals surface area contributed by atoms with Crippen molar-refractivity contribution in [1.29, 1.82) is 0 Å². The molecule has 0 unspecified atom stereocenters. The van der Waals surface area contributed by atoms with Gasteiger partial charge in [-0.15, -0.1) is 0 Å². The highest BCUT2D eigenvalue weighted by atomic mass is 35.5. The standard InChI is InChI=1S/C12H18ClN5/c13-10-7-11(17-12(14)16-10)18-5-3-9(4-6-18)15-8-1-2-8/h7-9,15H,1-6H2,(H2,14,16,17). The molecule has 1 aromatic rings. The van der Waals surface area contributed by atoms with Gasteiger partial charge in [0.2, 0.25) is 5.95 Å². The van der Waals surface area contributed by atoms with Gasteiger partial charge in [-0.25, -0.2) is 4.98 Å². The molecule has 0 aromatic carbocycles. The van der Waals surface area contributed by atoms with Crippen LogP contribution in [0.2, 0.25) is 5.15 Å². The zero-order valence-corrected chi connectivity index (χ0v) is 11.0. The minimum atomic E-state index is 0.246. The molecule has 18 heavy (non-hydrogen) atoms. The lowest BCUT2D eigenvalue weighted by molar-refractivity contribution is 0.411. The summed E-state index contributed by atoms with van der Waals surface area (Å²) in [7, 11) is 0. The highest BCUT2D eigenvalue weighted by Crippen LogP contribution is 2.24. The predicted molar refractivity (Wildman–Crippen MR) is 72.8 cm³/mol. The lowest BCUT2D eigenvalue weighted by Crippen LogP contribution is -2.43. The van der Waals surface area contributed by atoms with Crippen molar-refractivity contribution in [3.8, 4) is 0 Å². The first-order chi connectivity index (χ1) is 8.70. The van der Waals surface area contributed by atoms with Gasteiger partial charge in [-0.1, -0.05) is 11.6 Å². The molecule has 2 heterocycles. The quantitative estimate of drug-likeness (QED) is 0.811. The predicted octanol–water partition coefficient (Wildman–Crippen LogP) is 1.43. The van der Waals surface area contributed by atoms with Crippen LogP contribution >= 0.6 is 11.6 Å². The molecule has 5 nitrogen and oxygen atoms in total. The Bertz CT molecular complexity index is 406. The molecule has 0 radical (unpaired) electrons. The Morgan fingerprint density at radius 3 is 2.44 bits per heavy atom. The van der Waals surface area contributed by atoms with E-state index in [-0.39, 0.29) is 5.95 Å². The Balaban J connectivity index is 1.60. The fourth-order valence-corrected chi connectivity index (χ4v) is 2.63. The second-order valence-electron chi connectivity index (χ2n) is 5.11. The molecule has 1 saturated carbocycles. The summed E-state index contributed by atoms with van der Waals surface area (Å²) in [5.74, 6) is 1.09. The normalized spacial score (nSPS) is 21.3. The second kappa shape index (κ2) is 4.90. The van der Waals surface area contributed by atoms with E-state index in [9.17, 15) is 0 Å². The number of halogens is 1. The first kappa shape index (κ1) is 12.0. The number of nitrogen functional groups attached to an aromatic ring is 1. The van der Waals surface area contributed by atoms with E-state index in [4.69, 9.17) is 17.3 Å². The van der Waals surface area contributed by atoms with Gasteiger partial charge in [0.1, 0.15) is 11.0 Å². The highest BCUT2D eigenvalue weighted by molar-refractivity contribution is 6.29. The molecule has 2 aliphatic rings. The molecule has 1 saturated heterocycles. The average molecular weight is 268 g/mol. The van der Waals surface area contributed by atoms with Crippen molar-refractivity contribution in [3.05, 3.63) is 11.2 Å². The summed E-state index contributed by atoms with van der Waals surface area (Å²) in [5.41, 5.74) is 5.62. The Morgan fingerprint density at radius 1 is 1.17 bits per heavy atom. The van der Waals surface area contributed by atoms with E-state index in [1.165, 1.54) is 12.8 Å². The van der Waals surface area contributed by atoms with Crippen LogP contribution in [0.3, 0.4) is 0 Å². The molecule has 0 amide bonds. The highest BCUT2D eigenvalue weighted by Gasteiger charge is 2.27. The van der Waals surface area contributed by atoms with E-state index < -0.39 is 0 Å². The van der Waals surface area contributed by atoms with Gasteiger partial charge in [-0.2, -0.15) is 4.98 Å². The second-order valence-corrected chi connectivity index (χ2v) is 5.50. The maximum Gasteiger partial charge on any atom is 0.223 e. The van der Waals surface area contributed by atoms with Crippen molar-refractivity contribution >= 4 is 23.4 Å². The van der Waals surface area contributed by atoms with Crippen molar-refractivity contribution in [2.45, 2.75) is 37.8 Å². The van der Waals surface area contributed by atoms with E-state index >= 15 is 0 Å². The van der Waals surface area contributed by atoms with Crippen molar-refractivity contribution in [1.82, 2.24) is 15.3 Å². The molecule has 2 fully saturated rings. The summed E-state index contributed by atoms with van der Waals surface area (Å²) in [6.07, 6.45) is 4.99. The molecule has 1 aromatic heterocycles. The van der Waals surface area contributed by atoms with Crippen molar-refractivity contribution in [2.24, 2.45) is 0 Å². The van der Waals surface area contributed by atoms with Gasteiger partial charge in [-0.3, -0.25) is 0 Å². The number of anilines is 2. The molecule has 3 N–H and O–H groups in total. The molecular formula is C12H18ClN5. The minimum absolute atomic E-state index is 0.246. The molecule has 0 bridgehead atoms. The molecular weight excluding hydrogens is 250 g/mol. The number of hydrogen-bond acceptors (Lipinski definition) is 5. The van der Waals surface area contributed by atoms with E-state index in [1.54, 1.807) is 6.07 Å². The van der Waals surface area contributed by atoms with E-state index in [1.807, 2.05) is 0 Å². The van der Waals surface area contributed by atoms with E-state index in [2.05, 4.69) is 20.2 Å². The molecule has 0 atom stereocenters. The first-order valence-corrected chi connectivity index (χ1v) is 6.89. The molecule has 1 aliphatic heterocycles. The van der Waals surface area contributed by atoms with Gasteiger partial charge in [-0.05, 0) is 25.7 Å². The zero-order chi connectivity index (χ0) is 12.5. The lowest BCUT2D eigenvalue weighted by atomic mass is 10.1. The van der Waals surface area contributed by atoms with Gasteiger partial charge in [0, 0.05) is 31.2 Å². The van der Waals surface area contributed by atoms with Gasteiger partial charge in [0.15, 0.2) is 0 Å². The van der Waals surface area contributed by atoms with Gasteiger partial charge >= 0.3 is 0 Å². The van der Waals surface area contributed by atoms with Crippen LogP contribution in [0.5, 0.6) is 0 Å². The Labute approximate surface area is 112 Å². The third-order valence-electron chi connectivity index (χ3n) is 3.57. The van der Waals surface area contributed by atoms with Crippen LogP contribution in [-0.4, -0.2) is 35.1 Å². The van der Waals surface area contributed by atoms with Crippen molar-refractivity contribution in [3.63, 3.8) is 0 Å². The van der Waals surface area contributed by atoms with Crippen molar-refractivity contribution in [2.75, 3.05) is 23.7 Å². The SMILES string of the molecule is Nc1nc(Cl)cc(N2CCC(NC3CC3)CC2)n1. The van der Waals surface area contributed by atoms with Crippen LogP contribution in [-0.2, 0) is 0 Å². The van der Waals surface area contributed by atoms with Crippen LogP contribution in [0, 0.1) is 0 Å². The smallest absolute Gasteiger partial charge is 0.223 e.